The van der Waals surface area contributed by atoms with E-state index in [-0.39, 0.29) is 37.8 Å². The minimum absolute atomic E-state index is 0.112. The Labute approximate surface area is 348 Å². The van der Waals surface area contributed by atoms with Gasteiger partial charge in [-0.15, -0.1) is 0 Å². The molecule has 10 atom stereocenters. The van der Waals surface area contributed by atoms with Crippen LogP contribution in [-0.4, -0.2) is 125 Å². The lowest BCUT2D eigenvalue weighted by Gasteiger charge is -2.31. The van der Waals surface area contributed by atoms with E-state index >= 15 is 0 Å². The summed E-state index contributed by atoms with van der Waals surface area (Å²) in [4.78, 5) is 111. The summed E-state index contributed by atoms with van der Waals surface area (Å²) in [6.07, 6.45) is 1.35. The fourth-order valence-electron chi connectivity index (χ4n) is 6.67. The number of aliphatic imine (C=N–C) groups is 1. The highest BCUT2D eigenvalue weighted by Gasteiger charge is 2.39. The molecule has 20 nitrogen and oxygen atoms in total. The first kappa shape index (κ1) is 52.0. The summed E-state index contributed by atoms with van der Waals surface area (Å²) in [6, 6.07) is -7.94. The van der Waals surface area contributed by atoms with Crippen LogP contribution in [0.5, 0.6) is 0 Å². The number of rotatable bonds is 25. The Morgan fingerprint density at radius 3 is 1.64 bits per heavy atom. The molecule has 0 aliphatic carbocycles. The van der Waals surface area contributed by atoms with E-state index in [4.69, 9.17) is 17.2 Å². The van der Waals surface area contributed by atoms with Crippen molar-refractivity contribution in [2.75, 3.05) is 13.1 Å². The first-order chi connectivity index (χ1) is 27.6. The number of guanidine groups is 1. The molecule has 0 bridgehead atoms. The maximum Gasteiger partial charge on any atom is 0.245 e. The van der Waals surface area contributed by atoms with Gasteiger partial charge in [0.1, 0.15) is 42.3 Å². The van der Waals surface area contributed by atoms with Crippen LogP contribution in [0.3, 0.4) is 0 Å². The van der Waals surface area contributed by atoms with Crippen LogP contribution in [0.1, 0.15) is 114 Å². The number of aliphatic hydroxyl groups is 1. The van der Waals surface area contributed by atoms with Gasteiger partial charge >= 0.3 is 0 Å². The molecule has 8 amide bonds. The van der Waals surface area contributed by atoms with Crippen molar-refractivity contribution in [3.63, 3.8) is 0 Å². The minimum atomic E-state index is -1.55. The van der Waals surface area contributed by atoms with E-state index < -0.39 is 107 Å². The van der Waals surface area contributed by atoms with E-state index in [1.54, 1.807) is 34.6 Å². The maximum absolute atomic E-state index is 14.0. The van der Waals surface area contributed by atoms with Crippen molar-refractivity contribution in [1.82, 2.24) is 36.8 Å². The Balaban J connectivity index is 3.31. The number of likely N-dealkylation sites (tertiary alicyclic amines) is 1. The van der Waals surface area contributed by atoms with Crippen LogP contribution < -0.4 is 49.1 Å². The number of hydrogen-bond donors (Lipinski definition) is 10. The third-order valence-electron chi connectivity index (χ3n) is 10.6. The van der Waals surface area contributed by atoms with Gasteiger partial charge in [-0.2, -0.15) is 0 Å². The molecule has 1 aliphatic rings. The molecule has 0 unspecified atom stereocenters. The van der Waals surface area contributed by atoms with E-state index in [9.17, 15) is 43.5 Å². The standard InChI is InChI=1S/C39H71N11O9/c1-10-15-25(45-37(58)31(23(8)51)49-36(57)30(22(7)12-3)48-34(55)28(20(4)5)44-24(9)52)33(54)47-29(21(6)11-2)35(56)46-26(16-13-18-43-39(41)42)38(59)50-19-14-17-27(50)32(40)53/h20-23,25-31,51H,10-19H2,1-9H3,(H2,40,53)(H,44,52)(H,45,58)(H,46,56)(H,47,54)(H,48,55)(H,49,57)(H4,41,42,43)/t21-,22-,23+,25-,26-,27+,28-,29-,30+,31-/m0/s1. The molecular weight excluding hydrogens is 766 g/mol. The third-order valence-corrected chi connectivity index (χ3v) is 10.6. The van der Waals surface area contributed by atoms with Gasteiger partial charge in [0, 0.05) is 20.0 Å². The average Bonchev–Trinajstić information content (AvgIpc) is 3.67. The quantitative estimate of drug-likeness (QED) is 0.0283. The highest BCUT2D eigenvalue weighted by atomic mass is 16.3. The molecule has 0 aromatic heterocycles. The van der Waals surface area contributed by atoms with Gasteiger partial charge in [-0.25, -0.2) is 0 Å². The first-order valence-electron chi connectivity index (χ1n) is 20.7. The zero-order chi connectivity index (χ0) is 45.1. The van der Waals surface area contributed by atoms with Crippen LogP contribution in [0.4, 0.5) is 0 Å². The van der Waals surface area contributed by atoms with Gasteiger partial charge in [0.2, 0.25) is 47.3 Å². The number of amides is 8. The number of aliphatic hydroxyl groups excluding tert-OH is 1. The second kappa shape index (κ2) is 25.5. The zero-order valence-electron chi connectivity index (χ0n) is 36.3. The van der Waals surface area contributed by atoms with Crippen molar-refractivity contribution in [1.29, 1.82) is 0 Å². The fourth-order valence-corrected chi connectivity index (χ4v) is 6.67. The molecule has 1 fully saturated rings. The number of carbonyl (C=O) groups is 8. The molecule has 13 N–H and O–H groups in total. The summed E-state index contributed by atoms with van der Waals surface area (Å²) in [5, 5.41) is 26.6. The second-order valence-electron chi connectivity index (χ2n) is 15.8. The first-order valence-corrected chi connectivity index (χ1v) is 20.7. The average molecular weight is 838 g/mol. The van der Waals surface area contributed by atoms with Crippen molar-refractivity contribution in [3.05, 3.63) is 0 Å². The van der Waals surface area contributed by atoms with Crippen molar-refractivity contribution >= 4 is 53.2 Å². The van der Waals surface area contributed by atoms with Crippen molar-refractivity contribution in [2.45, 2.75) is 162 Å². The normalized spacial score (nSPS) is 18.4. The number of nitrogens with one attached hydrogen (secondary N) is 6. The SMILES string of the molecule is CCC[C@H](NC(=O)[C@@H](NC(=O)[C@H](NC(=O)[C@@H](NC(C)=O)C(C)C)[C@@H](C)CC)[C@@H](C)O)C(=O)N[C@H](C(=O)N[C@@H](CCCN=C(N)N)C(=O)N1CCC[C@@H]1C(N)=O)[C@@H](C)CC. The molecular formula is C39H71N11O9. The summed E-state index contributed by atoms with van der Waals surface area (Å²) < 4.78 is 0. The van der Waals surface area contributed by atoms with E-state index in [1.165, 1.54) is 18.7 Å². The molecule has 20 heteroatoms. The van der Waals surface area contributed by atoms with Crippen molar-refractivity contribution < 1.29 is 43.5 Å². The van der Waals surface area contributed by atoms with E-state index in [0.29, 0.717) is 38.5 Å². The summed E-state index contributed by atoms with van der Waals surface area (Å²) in [6.45, 7) is 15.3. The molecule has 1 aliphatic heterocycles. The number of primary amides is 1. The highest BCUT2D eigenvalue weighted by Crippen LogP contribution is 2.20. The van der Waals surface area contributed by atoms with E-state index in [1.807, 2.05) is 13.8 Å². The van der Waals surface area contributed by atoms with Crippen LogP contribution >= 0.6 is 0 Å². The molecule has 59 heavy (non-hydrogen) atoms. The van der Waals surface area contributed by atoms with Gasteiger partial charge < -0.3 is 59.1 Å². The Bertz CT molecular complexity index is 1490. The molecule has 0 aromatic rings. The van der Waals surface area contributed by atoms with Gasteiger partial charge in [0.25, 0.3) is 0 Å². The monoisotopic (exact) mass is 838 g/mol. The summed E-state index contributed by atoms with van der Waals surface area (Å²) in [7, 11) is 0. The van der Waals surface area contributed by atoms with Crippen LogP contribution in [0.15, 0.2) is 4.99 Å². The predicted octanol–water partition coefficient (Wildman–Crippen LogP) is -1.63. The van der Waals surface area contributed by atoms with Gasteiger partial charge in [0.15, 0.2) is 5.96 Å². The smallest absolute Gasteiger partial charge is 0.245 e. The Morgan fingerprint density at radius 2 is 1.17 bits per heavy atom. The molecule has 336 valence electrons. The third kappa shape index (κ3) is 16.6. The van der Waals surface area contributed by atoms with Crippen LogP contribution in [0.25, 0.3) is 0 Å². The molecule has 1 saturated heterocycles. The van der Waals surface area contributed by atoms with Crippen LogP contribution in [-0.2, 0) is 38.4 Å². The largest absolute Gasteiger partial charge is 0.391 e. The van der Waals surface area contributed by atoms with Gasteiger partial charge in [-0.05, 0) is 56.8 Å². The number of carbonyl (C=O) groups excluding carboxylic acids is 8. The lowest BCUT2D eigenvalue weighted by Crippen LogP contribution is -2.63. The molecule has 1 rings (SSSR count). The molecule has 1 heterocycles. The van der Waals surface area contributed by atoms with Gasteiger partial charge in [-0.3, -0.25) is 43.3 Å². The maximum atomic E-state index is 14.0. The number of nitrogens with two attached hydrogens (primary N) is 3. The minimum Gasteiger partial charge on any atom is -0.391 e. The number of nitrogens with zero attached hydrogens (tertiary/aromatic N) is 2. The van der Waals surface area contributed by atoms with Crippen molar-refractivity contribution in [2.24, 2.45) is 39.9 Å². The van der Waals surface area contributed by atoms with Gasteiger partial charge in [0.05, 0.1) is 6.10 Å². The Morgan fingerprint density at radius 1 is 0.678 bits per heavy atom. The zero-order valence-corrected chi connectivity index (χ0v) is 36.3. The predicted molar refractivity (Wildman–Crippen MR) is 221 cm³/mol. The van der Waals surface area contributed by atoms with E-state index in [0.717, 1.165) is 0 Å². The highest BCUT2D eigenvalue weighted by molar-refractivity contribution is 5.98. The topological polar surface area (TPSA) is 323 Å². The lowest BCUT2D eigenvalue weighted by molar-refractivity contribution is -0.141. The van der Waals surface area contributed by atoms with E-state index in [2.05, 4.69) is 36.9 Å². The number of hydrogen-bond acceptors (Lipinski definition) is 10. The summed E-state index contributed by atoms with van der Waals surface area (Å²) in [5.74, 6) is -6.55. The van der Waals surface area contributed by atoms with Crippen molar-refractivity contribution in [3.8, 4) is 0 Å². The fraction of sp³-hybridized carbons (Fsp3) is 0.769. The van der Waals surface area contributed by atoms with Gasteiger partial charge in [-0.1, -0.05) is 67.7 Å². The second-order valence-corrected chi connectivity index (χ2v) is 15.8. The molecule has 0 radical (unpaired) electrons. The van der Waals surface area contributed by atoms with Crippen LogP contribution in [0.2, 0.25) is 0 Å². The molecule has 0 spiro atoms. The lowest BCUT2D eigenvalue weighted by atomic mass is 9.95. The molecule has 0 saturated carbocycles. The molecule has 0 aromatic carbocycles. The summed E-state index contributed by atoms with van der Waals surface area (Å²) >= 11 is 0. The van der Waals surface area contributed by atoms with Crippen LogP contribution in [0, 0.1) is 17.8 Å². The summed E-state index contributed by atoms with van der Waals surface area (Å²) in [5.41, 5.74) is 16.5. The Hall–Kier alpha value is -5.01. The Kier molecular flexibility index (Phi) is 22.5.